The quantitative estimate of drug-likeness (QED) is 0.761. The van der Waals surface area contributed by atoms with Crippen molar-refractivity contribution in [2.45, 2.75) is 64.4 Å². The molecule has 2 aliphatic carbocycles. The molecule has 0 aromatic carbocycles. The van der Waals surface area contributed by atoms with Crippen LogP contribution in [0.3, 0.4) is 0 Å². The number of hydrogen-bond acceptors (Lipinski definition) is 3. The number of allylic oxidation sites excluding steroid dienone is 1. The third kappa shape index (κ3) is 2.28. The highest BCUT2D eigenvalue weighted by Gasteiger charge is 2.59. The van der Waals surface area contributed by atoms with Gasteiger partial charge in [-0.1, -0.05) is 19.9 Å². The fourth-order valence-corrected chi connectivity index (χ4v) is 5.37. The molecule has 1 aromatic heterocycles. The second-order valence-electron chi connectivity index (χ2n) is 8.07. The third-order valence-corrected chi connectivity index (χ3v) is 6.98. The molecule has 3 nitrogen and oxygen atoms in total. The van der Waals surface area contributed by atoms with Gasteiger partial charge in [0.2, 0.25) is 0 Å². The molecular weight excluding hydrogens is 288 g/mol. The van der Waals surface area contributed by atoms with Crippen molar-refractivity contribution in [3.8, 4) is 0 Å². The Morgan fingerprint density at radius 2 is 2.22 bits per heavy atom. The van der Waals surface area contributed by atoms with E-state index in [0.29, 0.717) is 11.8 Å². The predicted octanol–water partition coefficient (Wildman–Crippen LogP) is 4.67. The maximum absolute atomic E-state index is 12.2. The van der Waals surface area contributed by atoms with Gasteiger partial charge in [0.05, 0.1) is 12.5 Å². The smallest absolute Gasteiger partial charge is 0.334 e. The highest BCUT2D eigenvalue weighted by molar-refractivity contribution is 5.91. The van der Waals surface area contributed by atoms with E-state index in [-0.39, 0.29) is 17.0 Å². The molecule has 1 saturated heterocycles. The number of carbonyl (C=O) groups excluding carboxylic acids is 1. The first-order valence-electron chi connectivity index (χ1n) is 8.97. The van der Waals surface area contributed by atoms with Crippen molar-refractivity contribution in [2.75, 3.05) is 0 Å². The van der Waals surface area contributed by atoms with E-state index in [0.717, 1.165) is 50.5 Å². The Kier molecular flexibility index (Phi) is 3.44. The van der Waals surface area contributed by atoms with Crippen LogP contribution in [0.15, 0.2) is 34.7 Å². The normalized spacial score (nSPS) is 39.4. The van der Waals surface area contributed by atoms with Gasteiger partial charge in [-0.15, -0.1) is 0 Å². The van der Waals surface area contributed by atoms with Crippen molar-refractivity contribution >= 4 is 5.97 Å². The van der Waals surface area contributed by atoms with Gasteiger partial charge in [0, 0.05) is 17.9 Å². The first kappa shape index (κ1) is 15.0. The van der Waals surface area contributed by atoms with Gasteiger partial charge in [0.1, 0.15) is 5.60 Å². The van der Waals surface area contributed by atoms with E-state index in [9.17, 15) is 4.79 Å². The molecule has 1 saturated carbocycles. The Balaban J connectivity index is 1.64. The van der Waals surface area contributed by atoms with Crippen molar-refractivity contribution in [3.05, 3.63) is 35.8 Å². The van der Waals surface area contributed by atoms with E-state index in [4.69, 9.17) is 9.15 Å². The molecule has 2 fully saturated rings. The molecule has 4 unspecified atom stereocenters. The van der Waals surface area contributed by atoms with Crippen molar-refractivity contribution in [1.29, 1.82) is 0 Å². The van der Waals surface area contributed by atoms with Crippen molar-refractivity contribution < 1.29 is 13.9 Å². The lowest BCUT2D eigenvalue weighted by Crippen LogP contribution is -2.53. The van der Waals surface area contributed by atoms with Gasteiger partial charge < -0.3 is 9.15 Å². The van der Waals surface area contributed by atoms with Crippen molar-refractivity contribution in [2.24, 2.45) is 17.3 Å². The number of esters is 1. The summed E-state index contributed by atoms with van der Waals surface area (Å²) in [6.07, 6.45) is 13.1. The Labute approximate surface area is 138 Å². The summed E-state index contributed by atoms with van der Waals surface area (Å²) in [7, 11) is 0. The molecule has 4 atom stereocenters. The van der Waals surface area contributed by atoms with E-state index in [1.54, 1.807) is 6.26 Å². The first-order chi connectivity index (χ1) is 11.0. The fourth-order valence-electron chi connectivity index (χ4n) is 5.37. The molecule has 3 aliphatic rings. The summed E-state index contributed by atoms with van der Waals surface area (Å²) in [4.78, 5) is 12.2. The largest absolute Gasteiger partial charge is 0.472 e. The van der Waals surface area contributed by atoms with Gasteiger partial charge in [-0.05, 0) is 61.5 Å². The van der Waals surface area contributed by atoms with Crippen LogP contribution in [0.4, 0.5) is 0 Å². The zero-order chi connectivity index (χ0) is 16.1. The standard InChI is InChI=1S/C20H26O3/c1-14-6-10-20-12-16(18(21)23-20)4-3-5-17(20)19(14,2)9-7-15-8-11-22-13-15/h4,8,11,13-14,17H,3,5-7,9-10,12H2,1-2H3. The van der Waals surface area contributed by atoms with Crippen LogP contribution in [0.5, 0.6) is 0 Å². The Morgan fingerprint density at radius 1 is 1.35 bits per heavy atom. The highest BCUT2D eigenvalue weighted by atomic mass is 16.6. The number of aryl methyl sites for hydroxylation is 1. The maximum Gasteiger partial charge on any atom is 0.334 e. The van der Waals surface area contributed by atoms with Crippen molar-refractivity contribution in [1.82, 2.24) is 0 Å². The summed E-state index contributed by atoms with van der Waals surface area (Å²) in [5, 5.41) is 0. The zero-order valence-corrected chi connectivity index (χ0v) is 14.1. The molecule has 2 bridgehead atoms. The molecular formula is C20H26O3. The molecule has 1 spiro atoms. The second kappa shape index (κ2) is 5.25. The molecule has 0 N–H and O–H groups in total. The SMILES string of the molecule is CC1CCC23CC(=CCCC2C1(C)CCc1ccoc1)C(=O)O3. The zero-order valence-electron chi connectivity index (χ0n) is 14.1. The number of rotatable bonds is 3. The van der Waals surface area contributed by atoms with Gasteiger partial charge in [0.25, 0.3) is 0 Å². The number of ether oxygens (including phenoxy) is 1. The topological polar surface area (TPSA) is 39.4 Å². The number of hydrogen-bond donors (Lipinski definition) is 0. The average molecular weight is 314 g/mol. The van der Waals surface area contributed by atoms with Crippen LogP contribution in [-0.2, 0) is 16.0 Å². The van der Waals surface area contributed by atoms with E-state index in [1.165, 1.54) is 5.56 Å². The molecule has 0 amide bonds. The Hall–Kier alpha value is -1.51. The molecule has 124 valence electrons. The molecule has 23 heavy (non-hydrogen) atoms. The van der Waals surface area contributed by atoms with Gasteiger partial charge in [-0.25, -0.2) is 4.79 Å². The summed E-state index contributed by atoms with van der Waals surface area (Å²) >= 11 is 0. The van der Waals surface area contributed by atoms with Crippen LogP contribution in [0, 0.1) is 17.3 Å². The molecule has 0 radical (unpaired) electrons. The summed E-state index contributed by atoms with van der Waals surface area (Å²) in [6.45, 7) is 4.82. The highest BCUT2D eigenvalue weighted by Crippen LogP contribution is 2.60. The van der Waals surface area contributed by atoms with Crippen LogP contribution in [-0.4, -0.2) is 11.6 Å². The lowest BCUT2D eigenvalue weighted by molar-refractivity contribution is -0.173. The molecule has 3 heteroatoms. The van der Waals surface area contributed by atoms with Gasteiger partial charge in [0.15, 0.2) is 0 Å². The minimum Gasteiger partial charge on any atom is -0.472 e. The number of carbonyl (C=O) groups is 1. The monoisotopic (exact) mass is 314 g/mol. The number of furan rings is 1. The van der Waals surface area contributed by atoms with Gasteiger partial charge in [-0.2, -0.15) is 0 Å². The molecule has 2 heterocycles. The summed E-state index contributed by atoms with van der Waals surface area (Å²) in [5.74, 6) is 1.07. The van der Waals surface area contributed by atoms with Crippen LogP contribution >= 0.6 is 0 Å². The molecule has 1 aromatic rings. The van der Waals surface area contributed by atoms with Crippen LogP contribution in [0.25, 0.3) is 0 Å². The minimum absolute atomic E-state index is 0.0542. The maximum atomic E-state index is 12.2. The second-order valence-corrected chi connectivity index (χ2v) is 8.07. The Bertz CT molecular complexity index is 629. The lowest BCUT2D eigenvalue weighted by atomic mass is 9.53. The average Bonchev–Trinajstić information content (AvgIpc) is 3.09. The van der Waals surface area contributed by atoms with E-state index < -0.39 is 0 Å². The van der Waals surface area contributed by atoms with E-state index >= 15 is 0 Å². The summed E-state index contributed by atoms with van der Waals surface area (Å²) in [6, 6.07) is 2.06. The number of fused-ring (bicyclic) bond motifs is 1. The minimum atomic E-state index is -0.225. The lowest BCUT2D eigenvalue weighted by Gasteiger charge is -2.54. The molecule has 4 rings (SSSR count). The molecule has 1 aliphatic heterocycles. The summed E-state index contributed by atoms with van der Waals surface area (Å²) < 4.78 is 11.2. The predicted molar refractivity (Wildman–Crippen MR) is 87.8 cm³/mol. The van der Waals surface area contributed by atoms with E-state index in [2.05, 4.69) is 26.0 Å². The van der Waals surface area contributed by atoms with E-state index in [1.807, 2.05) is 6.26 Å². The summed E-state index contributed by atoms with van der Waals surface area (Å²) in [5.41, 5.74) is 2.19. The van der Waals surface area contributed by atoms with Gasteiger partial charge >= 0.3 is 5.97 Å². The van der Waals surface area contributed by atoms with Crippen LogP contribution in [0.2, 0.25) is 0 Å². The van der Waals surface area contributed by atoms with Crippen LogP contribution in [0.1, 0.15) is 57.9 Å². The first-order valence-corrected chi connectivity index (χ1v) is 8.97. The third-order valence-electron chi connectivity index (χ3n) is 6.98. The van der Waals surface area contributed by atoms with Crippen molar-refractivity contribution in [3.63, 3.8) is 0 Å². The van der Waals surface area contributed by atoms with Gasteiger partial charge in [-0.3, -0.25) is 0 Å². The Morgan fingerprint density at radius 3 is 3.00 bits per heavy atom. The fraction of sp³-hybridized carbons (Fsp3) is 0.650. The van der Waals surface area contributed by atoms with Crippen LogP contribution < -0.4 is 0 Å².